The normalized spacial score (nSPS) is 60.5. The number of fused-ring (bicyclic) bond motifs is 5. The molecule has 0 aromatic carbocycles. The molecule has 2 aliphatic carbocycles. The molecule has 1 aliphatic heterocycles. The van der Waals surface area contributed by atoms with E-state index in [1.165, 1.54) is 6.42 Å². The summed E-state index contributed by atoms with van der Waals surface area (Å²) in [6, 6.07) is 0. The summed E-state index contributed by atoms with van der Waals surface area (Å²) >= 11 is 0. The Morgan fingerprint density at radius 1 is 1.00 bits per heavy atom. The topological polar surface area (TPSA) is 31.0 Å². The van der Waals surface area contributed by atoms with Crippen LogP contribution in [0.1, 0.15) is 6.42 Å². The van der Waals surface area contributed by atoms with E-state index in [4.69, 9.17) is 14.2 Å². The zero-order valence-corrected chi connectivity index (χ0v) is 7.40. The summed E-state index contributed by atoms with van der Waals surface area (Å²) in [5, 5.41) is 0. The molecule has 6 atom stereocenters. The first-order valence-corrected chi connectivity index (χ1v) is 4.58. The van der Waals surface area contributed by atoms with Gasteiger partial charge < -0.3 is 14.2 Å². The molecule has 1 saturated heterocycles. The van der Waals surface area contributed by atoms with Crippen molar-refractivity contribution < 1.29 is 14.2 Å². The number of ether oxygens (including phenoxy) is 3. The molecule has 2 bridgehead atoms. The lowest BCUT2D eigenvalue weighted by atomic mass is 9.95. The van der Waals surface area contributed by atoms with Crippen molar-refractivity contribution >= 4 is 0 Å². The highest BCUT2D eigenvalue weighted by Gasteiger charge is 2.68. The second-order valence-electron chi connectivity index (χ2n) is 4.03. The Bertz CT molecular complexity index is 186. The molecule has 0 spiro atoms. The fourth-order valence-corrected chi connectivity index (χ4v) is 3.15. The molecule has 1 heterocycles. The Labute approximate surface area is 72.0 Å². The molecule has 0 amide bonds. The van der Waals surface area contributed by atoms with Crippen molar-refractivity contribution in [1.29, 1.82) is 0 Å². The summed E-state index contributed by atoms with van der Waals surface area (Å²) in [6.07, 6.45) is 2.82. The monoisotopic (exact) mass is 170 g/mol. The van der Waals surface area contributed by atoms with Crippen LogP contribution in [-0.4, -0.2) is 38.6 Å². The summed E-state index contributed by atoms with van der Waals surface area (Å²) in [6.45, 7) is 0. The summed E-state index contributed by atoms with van der Waals surface area (Å²) < 4.78 is 16.4. The average Bonchev–Trinajstić information content (AvgIpc) is 2.73. The molecule has 3 nitrogen and oxygen atoms in total. The Morgan fingerprint density at radius 3 is 1.92 bits per heavy atom. The van der Waals surface area contributed by atoms with Crippen molar-refractivity contribution in [3.8, 4) is 0 Å². The van der Waals surface area contributed by atoms with Crippen LogP contribution in [0.25, 0.3) is 0 Å². The first kappa shape index (κ1) is 7.30. The molecule has 0 aromatic heterocycles. The molecule has 3 aliphatic rings. The molecule has 0 aromatic rings. The Balaban J connectivity index is 1.86. The first-order valence-electron chi connectivity index (χ1n) is 4.58. The molecule has 0 radical (unpaired) electrons. The molecule has 3 rings (SSSR count). The van der Waals surface area contributed by atoms with E-state index in [1.54, 1.807) is 14.2 Å². The van der Waals surface area contributed by atoms with Gasteiger partial charge in [0.1, 0.15) is 0 Å². The van der Waals surface area contributed by atoms with Gasteiger partial charge in [-0.25, -0.2) is 0 Å². The zero-order valence-electron chi connectivity index (χ0n) is 7.40. The van der Waals surface area contributed by atoms with Crippen molar-refractivity contribution in [1.82, 2.24) is 0 Å². The quantitative estimate of drug-likeness (QED) is 0.563. The van der Waals surface area contributed by atoms with Gasteiger partial charge in [-0.15, -0.1) is 0 Å². The van der Waals surface area contributed by atoms with Gasteiger partial charge in [0, 0.05) is 26.1 Å². The third-order valence-electron chi connectivity index (χ3n) is 3.66. The van der Waals surface area contributed by atoms with Crippen LogP contribution in [0.15, 0.2) is 0 Å². The van der Waals surface area contributed by atoms with Crippen molar-refractivity contribution in [2.24, 2.45) is 11.8 Å². The van der Waals surface area contributed by atoms with Crippen LogP contribution in [0, 0.1) is 11.8 Å². The van der Waals surface area contributed by atoms with Gasteiger partial charge in [-0.2, -0.15) is 0 Å². The van der Waals surface area contributed by atoms with E-state index in [0.717, 1.165) is 0 Å². The average molecular weight is 170 g/mol. The number of methoxy groups -OCH3 is 2. The van der Waals surface area contributed by atoms with Crippen LogP contribution in [0.3, 0.4) is 0 Å². The lowest BCUT2D eigenvalue weighted by molar-refractivity contribution is -0.0567. The number of hydrogen-bond donors (Lipinski definition) is 0. The molecule has 6 unspecified atom stereocenters. The largest absolute Gasteiger partial charge is 0.378 e. The second-order valence-corrected chi connectivity index (χ2v) is 4.03. The highest BCUT2D eigenvalue weighted by molar-refractivity contribution is 5.15. The van der Waals surface area contributed by atoms with Crippen LogP contribution >= 0.6 is 0 Å². The van der Waals surface area contributed by atoms with Crippen molar-refractivity contribution in [2.45, 2.75) is 30.8 Å². The summed E-state index contributed by atoms with van der Waals surface area (Å²) in [5.74, 6) is 1.21. The molecular formula is C9H14O3. The molecule has 0 N–H and O–H groups in total. The maximum atomic E-state index is 5.54. The lowest BCUT2D eigenvalue weighted by Gasteiger charge is -2.26. The highest BCUT2D eigenvalue weighted by atomic mass is 16.6. The first-order chi connectivity index (χ1) is 5.86. The van der Waals surface area contributed by atoms with Crippen molar-refractivity contribution in [2.75, 3.05) is 14.2 Å². The minimum atomic E-state index is 0.281. The number of epoxide rings is 1. The second kappa shape index (κ2) is 2.22. The van der Waals surface area contributed by atoms with Gasteiger partial charge in [0.05, 0.1) is 24.4 Å². The fourth-order valence-electron chi connectivity index (χ4n) is 3.15. The Morgan fingerprint density at radius 2 is 1.50 bits per heavy atom. The minimum absolute atomic E-state index is 0.281. The SMILES string of the molecule is COC1C2CC(C1OC)C1OC21. The van der Waals surface area contributed by atoms with Crippen LogP contribution < -0.4 is 0 Å². The zero-order chi connectivity index (χ0) is 8.29. The number of hydrogen-bond acceptors (Lipinski definition) is 3. The van der Waals surface area contributed by atoms with E-state index in [1.807, 2.05) is 0 Å². The molecule has 3 fully saturated rings. The Kier molecular flexibility index (Phi) is 1.35. The van der Waals surface area contributed by atoms with E-state index in [-0.39, 0.29) is 12.2 Å². The third kappa shape index (κ3) is 0.679. The maximum absolute atomic E-state index is 5.54. The smallest absolute Gasteiger partial charge is 0.0899 e. The van der Waals surface area contributed by atoms with E-state index < -0.39 is 0 Å². The Hall–Kier alpha value is -0.120. The van der Waals surface area contributed by atoms with Gasteiger partial charge in [0.25, 0.3) is 0 Å². The van der Waals surface area contributed by atoms with Gasteiger partial charge in [-0.1, -0.05) is 0 Å². The molecule has 3 heteroatoms. The van der Waals surface area contributed by atoms with Crippen molar-refractivity contribution in [3.63, 3.8) is 0 Å². The molecular weight excluding hydrogens is 156 g/mol. The minimum Gasteiger partial charge on any atom is -0.378 e. The molecule has 2 saturated carbocycles. The summed E-state index contributed by atoms with van der Waals surface area (Å²) in [4.78, 5) is 0. The predicted molar refractivity (Wildman–Crippen MR) is 41.9 cm³/mol. The van der Waals surface area contributed by atoms with Crippen LogP contribution in [0.4, 0.5) is 0 Å². The van der Waals surface area contributed by atoms with Crippen LogP contribution in [0.2, 0.25) is 0 Å². The molecule has 12 heavy (non-hydrogen) atoms. The van der Waals surface area contributed by atoms with E-state index >= 15 is 0 Å². The van der Waals surface area contributed by atoms with Gasteiger partial charge in [-0.3, -0.25) is 0 Å². The van der Waals surface area contributed by atoms with Crippen LogP contribution in [0.5, 0.6) is 0 Å². The maximum Gasteiger partial charge on any atom is 0.0899 e. The highest BCUT2D eigenvalue weighted by Crippen LogP contribution is 2.57. The third-order valence-corrected chi connectivity index (χ3v) is 3.66. The van der Waals surface area contributed by atoms with Crippen LogP contribution in [-0.2, 0) is 14.2 Å². The summed E-state index contributed by atoms with van der Waals surface area (Å²) in [5.41, 5.74) is 0. The predicted octanol–water partition coefficient (Wildman–Crippen LogP) is 0.433. The summed E-state index contributed by atoms with van der Waals surface area (Å²) in [7, 11) is 3.55. The van der Waals surface area contributed by atoms with Gasteiger partial charge in [0.2, 0.25) is 0 Å². The van der Waals surface area contributed by atoms with Gasteiger partial charge in [-0.05, 0) is 6.42 Å². The lowest BCUT2D eigenvalue weighted by Crippen LogP contribution is -2.39. The van der Waals surface area contributed by atoms with Gasteiger partial charge in [0.15, 0.2) is 0 Å². The standard InChI is InChI=1S/C9H14O3/c1-10-6-4-3-5(7(6)11-2)9-8(4)12-9/h4-9H,3H2,1-2H3. The molecule has 68 valence electrons. The fraction of sp³-hybridized carbons (Fsp3) is 1.00. The van der Waals surface area contributed by atoms with Crippen molar-refractivity contribution in [3.05, 3.63) is 0 Å². The van der Waals surface area contributed by atoms with E-state index in [0.29, 0.717) is 24.0 Å². The number of rotatable bonds is 2. The van der Waals surface area contributed by atoms with Gasteiger partial charge >= 0.3 is 0 Å². The van der Waals surface area contributed by atoms with E-state index in [9.17, 15) is 0 Å². The van der Waals surface area contributed by atoms with E-state index in [2.05, 4.69) is 0 Å².